The summed E-state index contributed by atoms with van der Waals surface area (Å²) in [5.74, 6) is -1.82. The molecule has 5 heteroatoms. The molecule has 4 N–H and O–H groups in total. The minimum absolute atomic E-state index is 0.113. The Morgan fingerprint density at radius 3 is 1.95 bits per heavy atom. The predicted molar refractivity (Wildman–Crippen MR) is 72.9 cm³/mol. The maximum absolute atomic E-state index is 11.9. The molecule has 0 heterocycles. The summed E-state index contributed by atoms with van der Waals surface area (Å²) in [6, 6.07) is 8.10. The number of hydrogen-bond acceptors (Lipinski definition) is 5. The van der Waals surface area contributed by atoms with Gasteiger partial charge in [0.05, 0.1) is 0 Å². The third-order valence-electron chi connectivity index (χ3n) is 2.65. The van der Waals surface area contributed by atoms with Gasteiger partial charge in [-0.1, -0.05) is 18.2 Å². The third kappa shape index (κ3) is 2.89. The highest BCUT2D eigenvalue weighted by Gasteiger charge is 2.15. The molecule has 0 amide bonds. The van der Waals surface area contributed by atoms with E-state index in [-0.39, 0.29) is 17.1 Å². The van der Waals surface area contributed by atoms with E-state index in [9.17, 15) is 15.0 Å². The Morgan fingerprint density at radius 2 is 1.40 bits per heavy atom. The SMILES string of the molecule is O=C(/C=C/c1ccc(O)cc1)c1c(O)cc(O)cc1O. The number of carbonyl (C=O) groups excluding carboxylic acids is 1. The van der Waals surface area contributed by atoms with Gasteiger partial charge in [0.1, 0.15) is 28.6 Å². The lowest BCUT2D eigenvalue weighted by Gasteiger charge is -2.04. The zero-order valence-corrected chi connectivity index (χ0v) is 10.3. The maximum atomic E-state index is 11.9. The Hall–Kier alpha value is -2.95. The second kappa shape index (κ2) is 5.36. The molecule has 0 fully saturated rings. The number of phenols is 4. The van der Waals surface area contributed by atoms with Gasteiger partial charge in [-0.2, -0.15) is 0 Å². The summed E-state index contributed by atoms with van der Waals surface area (Å²) >= 11 is 0. The molecule has 2 aromatic carbocycles. The van der Waals surface area contributed by atoms with E-state index in [2.05, 4.69) is 0 Å². The fourth-order valence-corrected chi connectivity index (χ4v) is 1.69. The van der Waals surface area contributed by atoms with Gasteiger partial charge in [-0.3, -0.25) is 4.79 Å². The molecule has 20 heavy (non-hydrogen) atoms. The van der Waals surface area contributed by atoms with Crippen LogP contribution in [0.25, 0.3) is 6.08 Å². The molecular formula is C15H12O5. The number of phenolic OH excluding ortho intramolecular Hbond substituents is 4. The molecule has 2 rings (SSSR count). The van der Waals surface area contributed by atoms with Crippen molar-refractivity contribution in [1.82, 2.24) is 0 Å². The van der Waals surface area contributed by atoms with Gasteiger partial charge < -0.3 is 20.4 Å². The van der Waals surface area contributed by atoms with Crippen LogP contribution in [-0.4, -0.2) is 26.2 Å². The van der Waals surface area contributed by atoms with Crippen LogP contribution < -0.4 is 0 Å². The summed E-state index contributed by atoms with van der Waals surface area (Å²) in [4.78, 5) is 11.9. The Labute approximate surface area is 114 Å². The van der Waals surface area contributed by atoms with E-state index < -0.39 is 17.3 Å². The molecule has 0 aromatic heterocycles. The van der Waals surface area contributed by atoms with Crippen LogP contribution in [0.1, 0.15) is 15.9 Å². The van der Waals surface area contributed by atoms with Crippen molar-refractivity contribution in [3.63, 3.8) is 0 Å². The molecule has 5 nitrogen and oxygen atoms in total. The number of allylic oxidation sites excluding steroid dienone is 1. The Kier molecular flexibility index (Phi) is 3.61. The van der Waals surface area contributed by atoms with Gasteiger partial charge in [-0.05, 0) is 23.8 Å². The Morgan fingerprint density at radius 1 is 0.850 bits per heavy atom. The molecular weight excluding hydrogens is 260 g/mol. The van der Waals surface area contributed by atoms with Crippen molar-refractivity contribution in [3.8, 4) is 23.0 Å². The van der Waals surface area contributed by atoms with E-state index in [4.69, 9.17) is 10.2 Å². The number of aromatic hydroxyl groups is 4. The fourth-order valence-electron chi connectivity index (χ4n) is 1.69. The highest BCUT2D eigenvalue weighted by Crippen LogP contribution is 2.32. The normalized spacial score (nSPS) is 10.8. The fraction of sp³-hybridized carbons (Fsp3) is 0. The minimum atomic E-state index is -0.604. The van der Waals surface area contributed by atoms with Crippen LogP contribution >= 0.6 is 0 Å². The molecule has 102 valence electrons. The summed E-state index contributed by atoms with van der Waals surface area (Å²) in [6.45, 7) is 0. The second-order valence-corrected chi connectivity index (χ2v) is 4.15. The molecule has 2 aromatic rings. The van der Waals surface area contributed by atoms with E-state index in [0.717, 1.165) is 12.1 Å². The van der Waals surface area contributed by atoms with Crippen LogP contribution in [0.2, 0.25) is 0 Å². The van der Waals surface area contributed by atoms with Crippen molar-refractivity contribution in [3.05, 3.63) is 53.6 Å². The molecule has 0 aliphatic rings. The Balaban J connectivity index is 2.26. The zero-order valence-electron chi connectivity index (χ0n) is 10.3. The van der Waals surface area contributed by atoms with Gasteiger partial charge in [0.25, 0.3) is 0 Å². The van der Waals surface area contributed by atoms with Crippen molar-refractivity contribution < 1.29 is 25.2 Å². The number of rotatable bonds is 3. The van der Waals surface area contributed by atoms with E-state index >= 15 is 0 Å². The van der Waals surface area contributed by atoms with E-state index in [0.29, 0.717) is 5.56 Å². The van der Waals surface area contributed by atoms with Crippen molar-refractivity contribution in [1.29, 1.82) is 0 Å². The highest BCUT2D eigenvalue weighted by atomic mass is 16.3. The van der Waals surface area contributed by atoms with Crippen LogP contribution in [0.4, 0.5) is 0 Å². The average Bonchev–Trinajstić information content (AvgIpc) is 2.37. The molecule has 0 radical (unpaired) electrons. The third-order valence-corrected chi connectivity index (χ3v) is 2.65. The number of benzene rings is 2. The van der Waals surface area contributed by atoms with Crippen molar-refractivity contribution in [2.24, 2.45) is 0 Å². The van der Waals surface area contributed by atoms with E-state index in [1.807, 2.05) is 0 Å². The smallest absolute Gasteiger partial charge is 0.193 e. The second-order valence-electron chi connectivity index (χ2n) is 4.15. The van der Waals surface area contributed by atoms with Gasteiger partial charge in [0, 0.05) is 12.1 Å². The van der Waals surface area contributed by atoms with E-state index in [1.54, 1.807) is 12.1 Å². The topological polar surface area (TPSA) is 98.0 Å². The summed E-state index contributed by atoms with van der Waals surface area (Å²) < 4.78 is 0. The lowest BCUT2D eigenvalue weighted by Crippen LogP contribution is -1.95. The predicted octanol–water partition coefficient (Wildman–Crippen LogP) is 2.41. The Bertz CT molecular complexity index is 648. The molecule has 0 aliphatic carbocycles. The first kappa shape index (κ1) is 13.5. The van der Waals surface area contributed by atoms with E-state index in [1.165, 1.54) is 24.3 Å². The van der Waals surface area contributed by atoms with Crippen LogP contribution in [0, 0.1) is 0 Å². The van der Waals surface area contributed by atoms with Gasteiger partial charge >= 0.3 is 0 Å². The maximum Gasteiger partial charge on any atom is 0.193 e. The molecule has 0 atom stereocenters. The van der Waals surface area contributed by atoms with Crippen LogP contribution in [0.15, 0.2) is 42.5 Å². The highest BCUT2D eigenvalue weighted by molar-refractivity contribution is 6.10. The lowest BCUT2D eigenvalue weighted by molar-refractivity contribution is 0.104. The van der Waals surface area contributed by atoms with Crippen LogP contribution in [-0.2, 0) is 0 Å². The van der Waals surface area contributed by atoms with Crippen LogP contribution in [0.5, 0.6) is 23.0 Å². The molecule has 0 bridgehead atoms. The zero-order chi connectivity index (χ0) is 14.7. The van der Waals surface area contributed by atoms with Gasteiger partial charge in [-0.25, -0.2) is 0 Å². The summed E-state index contributed by atoms with van der Waals surface area (Å²) in [6.07, 6.45) is 2.66. The molecule has 0 saturated heterocycles. The van der Waals surface area contributed by atoms with Gasteiger partial charge in [0.2, 0.25) is 0 Å². The minimum Gasteiger partial charge on any atom is -0.508 e. The van der Waals surface area contributed by atoms with Crippen molar-refractivity contribution in [2.75, 3.05) is 0 Å². The van der Waals surface area contributed by atoms with Gasteiger partial charge in [0.15, 0.2) is 5.78 Å². The van der Waals surface area contributed by atoms with Crippen molar-refractivity contribution in [2.45, 2.75) is 0 Å². The largest absolute Gasteiger partial charge is 0.508 e. The first-order chi connectivity index (χ1) is 9.47. The first-order valence-corrected chi connectivity index (χ1v) is 5.74. The number of ketones is 1. The number of hydrogen-bond donors (Lipinski definition) is 4. The monoisotopic (exact) mass is 272 g/mol. The standard InChI is InChI=1S/C15H12O5/c16-10-4-1-9(2-5-10)3-6-12(18)15-13(19)7-11(17)8-14(15)20/h1-8,16-17,19-20H/b6-3+. The molecule has 0 saturated carbocycles. The quantitative estimate of drug-likeness (QED) is 0.508. The van der Waals surface area contributed by atoms with Crippen LogP contribution in [0.3, 0.4) is 0 Å². The summed E-state index contributed by atoms with van der Waals surface area (Å²) in [7, 11) is 0. The lowest BCUT2D eigenvalue weighted by atomic mass is 10.1. The summed E-state index contributed by atoms with van der Waals surface area (Å²) in [5.41, 5.74) is 0.395. The molecule has 0 aliphatic heterocycles. The first-order valence-electron chi connectivity index (χ1n) is 5.74. The molecule has 0 spiro atoms. The number of carbonyl (C=O) groups is 1. The van der Waals surface area contributed by atoms with Crippen molar-refractivity contribution >= 4 is 11.9 Å². The average molecular weight is 272 g/mol. The molecule has 0 unspecified atom stereocenters. The summed E-state index contributed by atoms with van der Waals surface area (Å²) in [5, 5.41) is 37.4. The van der Waals surface area contributed by atoms with Gasteiger partial charge in [-0.15, -0.1) is 0 Å².